The zero-order chi connectivity index (χ0) is 21.1. The van der Waals surface area contributed by atoms with Gasteiger partial charge in [-0.2, -0.15) is 0 Å². The lowest BCUT2D eigenvalue weighted by Gasteiger charge is -2.11. The van der Waals surface area contributed by atoms with E-state index in [1.54, 1.807) is 42.5 Å². The summed E-state index contributed by atoms with van der Waals surface area (Å²) in [6.07, 6.45) is 0. The van der Waals surface area contributed by atoms with Crippen LogP contribution in [0.4, 0.5) is 0 Å². The van der Waals surface area contributed by atoms with Gasteiger partial charge in [0, 0.05) is 5.56 Å². The minimum atomic E-state index is -0.555. The Bertz CT molecular complexity index is 1270. The number of nitrogens with zero attached hydrogens (tertiary/aromatic N) is 1. The lowest BCUT2D eigenvalue weighted by molar-refractivity contribution is 0.0561. The highest BCUT2D eigenvalue weighted by Crippen LogP contribution is 2.32. The Balaban J connectivity index is 1.58. The molecule has 2 aromatic heterocycles. The Kier molecular flexibility index (Phi) is 5.21. The lowest BCUT2D eigenvalue weighted by Crippen LogP contribution is -2.09. The molecule has 1 N–H and O–H groups in total. The monoisotopic (exact) mass is 406 g/mol. The number of ether oxygens (including phenoxy) is 3. The van der Waals surface area contributed by atoms with Crippen molar-refractivity contribution in [2.45, 2.75) is 6.61 Å². The first-order valence-electron chi connectivity index (χ1n) is 9.06. The van der Waals surface area contributed by atoms with Gasteiger partial charge in [-0.05, 0) is 42.5 Å². The summed E-state index contributed by atoms with van der Waals surface area (Å²) in [6.45, 7) is 0.0950. The molecule has 0 radical (unpaired) electrons. The van der Waals surface area contributed by atoms with Crippen LogP contribution in [0, 0.1) is 0 Å². The Hall–Kier alpha value is -4.07. The summed E-state index contributed by atoms with van der Waals surface area (Å²) >= 11 is 0. The quantitative estimate of drug-likeness (QED) is 0.488. The van der Waals surface area contributed by atoms with Crippen LogP contribution in [0.1, 0.15) is 16.3 Å². The number of rotatable bonds is 6. The van der Waals surface area contributed by atoms with Gasteiger partial charge in [-0.15, -0.1) is 0 Å². The van der Waals surface area contributed by atoms with Gasteiger partial charge in [-0.25, -0.2) is 9.78 Å². The number of esters is 1. The molecule has 0 saturated carbocycles. The minimum absolute atomic E-state index is 0.0950. The molecule has 4 rings (SSSR count). The second-order valence-electron chi connectivity index (χ2n) is 6.34. The molecule has 8 heteroatoms. The van der Waals surface area contributed by atoms with E-state index < -0.39 is 5.97 Å². The van der Waals surface area contributed by atoms with E-state index >= 15 is 0 Å². The number of methoxy groups -OCH3 is 2. The summed E-state index contributed by atoms with van der Waals surface area (Å²) in [6, 6.07) is 15.5. The third kappa shape index (κ3) is 3.75. The van der Waals surface area contributed by atoms with Gasteiger partial charge in [0.1, 0.15) is 18.2 Å². The second kappa shape index (κ2) is 8.12. The Morgan fingerprint density at radius 2 is 1.90 bits per heavy atom. The van der Waals surface area contributed by atoms with Crippen LogP contribution in [0.5, 0.6) is 11.5 Å². The van der Waals surface area contributed by atoms with Crippen molar-refractivity contribution in [3.05, 3.63) is 76.5 Å². The van der Waals surface area contributed by atoms with Crippen molar-refractivity contribution in [3.8, 4) is 22.9 Å². The maximum Gasteiger partial charge on any atom is 0.373 e. The van der Waals surface area contributed by atoms with Gasteiger partial charge in [-0.1, -0.05) is 12.1 Å². The molecule has 152 valence electrons. The van der Waals surface area contributed by atoms with Crippen LogP contribution in [0.2, 0.25) is 0 Å². The molecule has 8 nitrogen and oxygen atoms in total. The van der Waals surface area contributed by atoms with Gasteiger partial charge >= 0.3 is 5.97 Å². The molecule has 0 unspecified atom stereocenters. The minimum Gasteiger partial charge on any atom is -0.493 e. The van der Waals surface area contributed by atoms with E-state index in [4.69, 9.17) is 13.9 Å². The topological polar surface area (TPSA) is 104 Å². The highest BCUT2D eigenvalue weighted by molar-refractivity contribution is 5.86. The van der Waals surface area contributed by atoms with Crippen molar-refractivity contribution in [3.63, 3.8) is 0 Å². The van der Waals surface area contributed by atoms with Crippen LogP contribution in [0.25, 0.3) is 22.3 Å². The Morgan fingerprint density at radius 3 is 2.70 bits per heavy atom. The van der Waals surface area contributed by atoms with E-state index in [0.717, 1.165) is 0 Å². The fourth-order valence-corrected chi connectivity index (χ4v) is 2.97. The van der Waals surface area contributed by atoms with Gasteiger partial charge in [0.05, 0.1) is 25.1 Å². The average Bonchev–Trinajstić information content (AvgIpc) is 3.26. The van der Waals surface area contributed by atoms with Gasteiger partial charge in [0.25, 0.3) is 5.56 Å². The molecule has 30 heavy (non-hydrogen) atoms. The number of H-pyrrole nitrogens is 1. The van der Waals surface area contributed by atoms with E-state index in [2.05, 4.69) is 14.7 Å². The van der Waals surface area contributed by atoms with Gasteiger partial charge in [-0.3, -0.25) is 4.79 Å². The number of aromatic amines is 1. The highest BCUT2D eigenvalue weighted by Gasteiger charge is 2.14. The molecular weight excluding hydrogens is 388 g/mol. The first kappa shape index (κ1) is 19.3. The first-order chi connectivity index (χ1) is 14.6. The molecule has 0 fully saturated rings. The zero-order valence-corrected chi connectivity index (χ0v) is 16.3. The van der Waals surface area contributed by atoms with Crippen LogP contribution >= 0.6 is 0 Å². The summed E-state index contributed by atoms with van der Waals surface area (Å²) in [5.74, 6) is 1.37. The highest BCUT2D eigenvalue weighted by atomic mass is 16.5. The summed E-state index contributed by atoms with van der Waals surface area (Å²) in [5.41, 5.74) is 1.07. The molecule has 0 spiro atoms. The number of aromatic nitrogens is 2. The van der Waals surface area contributed by atoms with Gasteiger partial charge in [0.2, 0.25) is 5.76 Å². The molecule has 0 bridgehead atoms. The van der Waals surface area contributed by atoms with Crippen molar-refractivity contribution < 1.29 is 23.4 Å². The smallest absolute Gasteiger partial charge is 0.373 e. The van der Waals surface area contributed by atoms with Crippen molar-refractivity contribution >= 4 is 16.9 Å². The normalized spacial score (nSPS) is 10.7. The summed E-state index contributed by atoms with van der Waals surface area (Å²) in [7, 11) is 2.80. The summed E-state index contributed by atoms with van der Waals surface area (Å²) in [4.78, 5) is 31.1. The van der Waals surface area contributed by atoms with Crippen LogP contribution in [0.15, 0.2) is 63.8 Å². The molecule has 0 amide bonds. The first-order valence-corrected chi connectivity index (χ1v) is 9.06. The predicted octanol–water partition coefficient (Wildman–Crippen LogP) is 3.56. The number of para-hydroxylation sites is 1. The van der Waals surface area contributed by atoms with E-state index in [1.165, 1.54) is 20.3 Å². The Morgan fingerprint density at radius 1 is 1.07 bits per heavy atom. The standard InChI is InChI=1S/C22H18N2O6/c1-27-19-11-13(20-23-16-6-4-3-5-15(16)21(25)24-20)7-9-17(19)29-12-14-8-10-18(30-14)22(26)28-2/h3-11H,12H2,1-2H3,(H,23,24,25). The lowest BCUT2D eigenvalue weighted by atomic mass is 10.1. The zero-order valence-electron chi connectivity index (χ0n) is 16.3. The maximum atomic E-state index is 12.3. The number of carbonyl (C=O) groups is 1. The number of hydrogen-bond acceptors (Lipinski definition) is 7. The molecule has 2 aromatic carbocycles. The molecule has 0 aliphatic carbocycles. The van der Waals surface area contributed by atoms with Crippen LogP contribution in [-0.2, 0) is 11.3 Å². The van der Waals surface area contributed by atoms with E-state index in [-0.39, 0.29) is 17.9 Å². The summed E-state index contributed by atoms with van der Waals surface area (Å²) < 4.78 is 21.2. The number of fused-ring (bicyclic) bond motifs is 1. The third-order valence-corrected chi connectivity index (χ3v) is 4.47. The van der Waals surface area contributed by atoms with Gasteiger partial charge in [0.15, 0.2) is 11.5 Å². The molecule has 2 heterocycles. The van der Waals surface area contributed by atoms with Crippen molar-refractivity contribution in [2.24, 2.45) is 0 Å². The van der Waals surface area contributed by atoms with Crippen LogP contribution in [-0.4, -0.2) is 30.2 Å². The molecule has 0 aliphatic heterocycles. The van der Waals surface area contributed by atoms with Gasteiger partial charge < -0.3 is 23.6 Å². The van der Waals surface area contributed by atoms with E-state index in [9.17, 15) is 9.59 Å². The number of benzene rings is 2. The number of furan rings is 1. The fraction of sp³-hybridized carbons (Fsp3) is 0.136. The fourth-order valence-electron chi connectivity index (χ4n) is 2.97. The van der Waals surface area contributed by atoms with Crippen LogP contribution < -0.4 is 15.0 Å². The van der Waals surface area contributed by atoms with Crippen molar-refractivity contribution in [1.82, 2.24) is 9.97 Å². The SMILES string of the molecule is COC(=O)c1ccc(COc2ccc(-c3nc4ccccc4c(=O)[nH]3)cc2OC)o1. The molecule has 0 saturated heterocycles. The number of nitrogens with one attached hydrogen (secondary N) is 1. The van der Waals surface area contributed by atoms with Crippen molar-refractivity contribution in [1.29, 1.82) is 0 Å². The predicted molar refractivity (Wildman–Crippen MR) is 109 cm³/mol. The third-order valence-electron chi connectivity index (χ3n) is 4.47. The number of carbonyl (C=O) groups excluding carboxylic acids is 1. The molecule has 4 aromatic rings. The maximum absolute atomic E-state index is 12.3. The van der Waals surface area contributed by atoms with Crippen molar-refractivity contribution in [2.75, 3.05) is 14.2 Å². The molecule has 0 atom stereocenters. The second-order valence-corrected chi connectivity index (χ2v) is 6.34. The average molecular weight is 406 g/mol. The molecule has 0 aliphatic rings. The Labute approximate surface area is 171 Å². The summed E-state index contributed by atoms with van der Waals surface area (Å²) in [5, 5.41) is 0.526. The number of hydrogen-bond donors (Lipinski definition) is 1. The van der Waals surface area contributed by atoms with E-state index in [0.29, 0.717) is 39.6 Å². The van der Waals surface area contributed by atoms with E-state index in [1.807, 2.05) is 6.07 Å². The molecular formula is C22H18N2O6. The van der Waals surface area contributed by atoms with Crippen LogP contribution in [0.3, 0.4) is 0 Å². The largest absolute Gasteiger partial charge is 0.493 e.